The molecule has 1 atom stereocenters. The van der Waals surface area contributed by atoms with Crippen molar-refractivity contribution < 1.29 is 13.9 Å². The molecule has 1 aromatic rings. The second-order valence-electron chi connectivity index (χ2n) is 4.69. The van der Waals surface area contributed by atoms with E-state index >= 15 is 0 Å². The first kappa shape index (κ1) is 13.1. The van der Waals surface area contributed by atoms with Gasteiger partial charge in [-0.1, -0.05) is 0 Å². The van der Waals surface area contributed by atoms with Crippen molar-refractivity contribution in [3.8, 4) is 0 Å². The fraction of sp³-hybridized carbons (Fsp3) is 0.615. The van der Waals surface area contributed by atoms with Crippen LogP contribution >= 0.6 is 0 Å². The highest BCUT2D eigenvalue weighted by atomic mass is 16.5. The third-order valence-corrected chi connectivity index (χ3v) is 2.97. The van der Waals surface area contributed by atoms with E-state index in [0.29, 0.717) is 19.6 Å². The summed E-state index contributed by atoms with van der Waals surface area (Å²) in [5.74, 6) is 0.893. The smallest absolute Gasteiger partial charge is 0.234 e. The lowest BCUT2D eigenvalue weighted by atomic mass is 10.2. The molecule has 0 aromatic carbocycles. The Morgan fingerprint density at radius 3 is 3.17 bits per heavy atom. The average molecular weight is 252 g/mol. The van der Waals surface area contributed by atoms with Gasteiger partial charge in [-0.05, 0) is 32.0 Å². The first-order chi connectivity index (χ1) is 8.74. The summed E-state index contributed by atoms with van der Waals surface area (Å²) in [7, 11) is 1.90. The standard InChI is InChI=1S/C13H20N2O3/c1-15(9-12-5-3-7-18-12)10-13(16)14-8-11-4-2-6-17-11/h3,5,7,11H,2,4,6,8-10H2,1H3,(H,14,16)/t11-/m0/s1. The Morgan fingerprint density at radius 1 is 1.61 bits per heavy atom. The molecule has 1 aromatic heterocycles. The van der Waals surface area contributed by atoms with Crippen molar-refractivity contribution in [3.05, 3.63) is 24.2 Å². The molecule has 0 spiro atoms. The van der Waals surface area contributed by atoms with Gasteiger partial charge in [0.15, 0.2) is 0 Å². The van der Waals surface area contributed by atoms with Crippen LogP contribution in [0.1, 0.15) is 18.6 Å². The van der Waals surface area contributed by atoms with Gasteiger partial charge < -0.3 is 14.5 Å². The van der Waals surface area contributed by atoms with E-state index in [1.54, 1.807) is 6.26 Å². The molecule has 0 bridgehead atoms. The van der Waals surface area contributed by atoms with Crippen LogP contribution < -0.4 is 5.32 Å². The summed E-state index contributed by atoms with van der Waals surface area (Å²) in [6.07, 6.45) is 3.98. The van der Waals surface area contributed by atoms with Crippen LogP contribution in [-0.4, -0.2) is 43.7 Å². The topological polar surface area (TPSA) is 54.7 Å². The zero-order valence-electron chi connectivity index (χ0n) is 10.7. The number of nitrogens with one attached hydrogen (secondary N) is 1. The molecule has 1 aliphatic heterocycles. The van der Waals surface area contributed by atoms with Gasteiger partial charge in [-0.15, -0.1) is 0 Å². The predicted octanol–water partition coefficient (Wildman–Crippen LogP) is 1.01. The van der Waals surface area contributed by atoms with Gasteiger partial charge in [0.1, 0.15) is 5.76 Å². The highest BCUT2D eigenvalue weighted by molar-refractivity contribution is 5.77. The molecular formula is C13H20N2O3. The minimum atomic E-state index is 0.0274. The van der Waals surface area contributed by atoms with Crippen molar-refractivity contribution in [2.24, 2.45) is 0 Å². The van der Waals surface area contributed by atoms with Crippen LogP contribution in [0, 0.1) is 0 Å². The molecule has 18 heavy (non-hydrogen) atoms. The number of likely N-dealkylation sites (N-methyl/N-ethyl adjacent to an activating group) is 1. The number of rotatable bonds is 6. The molecule has 5 nitrogen and oxygen atoms in total. The molecule has 0 radical (unpaired) electrons. The molecule has 100 valence electrons. The van der Waals surface area contributed by atoms with Crippen LogP contribution in [0.15, 0.2) is 22.8 Å². The molecule has 1 fully saturated rings. The van der Waals surface area contributed by atoms with Crippen molar-refractivity contribution in [2.75, 3.05) is 26.7 Å². The summed E-state index contributed by atoms with van der Waals surface area (Å²) in [5, 5.41) is 2.90. The van der Waals surface area contributed by atoms with Crippen LogP contribution in [0.4, 0.5) is 0 Å². The van der Waals surface area contributed by atoms with Crippen molar-refractivity contribution in [3.63, 3.8) is 0 Å². The number of furan rings is 1. The summed E-state index contributed by atoms with van der Waals surface area (Å²) in [6.45, 7) is 2.44. The van der Waals surface area contributed by atoms with E-state index in [1.807, 2.05) is 24.1 Å². The maximum absolute atomic E-state index is 11.7. The number of hydrogen-bond acceptors (Lipinski definition) is 4. The number of hydrogen-bond donors (Lipinski definition) is 1. The molecule has 2 rings (SSSR count). The van der Waals surface area contributed by atoms with E-state index in [2.05, 4.69) is 5.32 Å². The summed E-state index contributed by atoms with van der Waals surface area (Å²) in [6, 6.07) is 3.75. The zero-order valence-corrected chi connectivity index (χ0v) is 10.7. The van der Waals surface area contributed by atoms with Gasteiger partial charge in [0.05, 0.1) is 25.5 Å². The third kappa shape index (κ3) is 4.16. The van der Waals surface area contributed by atoms with Crippen LogP contribution in [0.25, 0.3) is 0 Å². The Bertz CT molecular complexity index is 358. The lowest BCUT2D eigenvalue weighted by molar-refractivity contribution is -0.122. The van der Waals surface area contributed by atoms with Gasteiger partial charge in [-0.2, -0.15) is 0 Å². The molecule has 1 amide bonds. The Labute approximate surface area is 107 Å². The molecule has 2 heterocycles. The monoisotopic (exact) mass is 252 g/mol. The minimum Gasteiger partial charge on any atom is -0.468 e. The van der Waals surface area contributed by atoms with Gasteiger partial charge in [0, 0.05) is 13.2 Å². The summed E-state index contributed by atoms with van der Waals surface area (Å²) >= 11 is 0. The Balaban J connectivity index is 1.63. The van der Waals surface area contributed by atoms with Crippen molar-refractivity contribution in [1.29, 1.82) is 0 Å². The second kappa shape index (κ2) is 6.56. The first-order valence-corrected chi connectivity index (χ1v) is 6.33. The third-order valence-electron chi connectivity index (χ3n) is 2.97. The lowest BCUT2D eigenvalue weighted by Crippen LogP contribution is -2.38. The van der Waals surface area contributed by atoms with Crippen molar-refractivity contribution in [2.45, 2.75) is 25.5 Å². The second-order valence-corrected chi connectivity index (χ2v) is 4.69. The Hall–Kier alpha value is -1.33. The Morgan fingerprint density at radius 2 is 2.50 bits per heavy atom. The molecule has 1 aliphatic rings. The van der Waals surface area contributed by atoms with E-state index in [4.69, 9.17) is 9.15 Å². The molecule has 0 saturated carbocycles. The number of ether oxygens (including phenoxy) is 1. The quantitative estimate of drug-likeness (QED) is 0.821. The van der Waals surface area contributed by atoms with E-state index in [9.17, 15) is 4.79 Å². The normalized spacial score (nSPS) is 19.3. The van der Waals surface area contributed by atoms with Crippen LogP contribution in [-0.2, 0) is 16.1 Å². The van der Waals surface area contributed by atoms with Crippen LogP contribution in [0.2, 0.25) is 0 Å². The maximum Gasteiger partial charge on any atom is 0.234 e. The van der Waals surface area contributed by atoms with E-state index in [0.717, 1.165) is 25.2 Å². The van der Waals surface area contributed by atoms with Gasteiger partial charge in [0.2, 0.25) is 5.91 Å². The summed E-state index contributed by atoms with van der Waals surface area (Å²) < 4.78 is 10.7. The van der Waals surface area contributed by atoms with Crippen LogP contribution in [0.5, 0.6) is 0 Å². The first-order valence-electron chi connectivity index (χ1n) is 6.33. The fourth-order valence-electron chi connectivity index (χ4n) is 2.06. The van der Waals surface area contributed by atoms with E-state index < -0.39 is 0 Å². The van der Waals surface area contributed by atoms with Gasteiger partial charge >= 0.3 is 0 Å². The molecule has 0 aliphatic carbocycles. The van der Waals surface area contributed by atoms with Crippen molar-refractivity contribution in [1.82, 2.24) is 10.2 Å². The maximum atomic E-state index is 11.7. The lowest BCUT2D eigenvalue weighted by Gasteiger charge is -2.16. The number of nitrogens with zero attached hydrogens (tertiary/aromatic N) is 1. The minimum absolute atomic E-state index is 0.0274. The average Bonchev–Trinajstić information content (AvgIpc) is 2.98. The van der Waals surface area contributed by atoms with Crippen LogP contribution in [0.3, 0.4) is 0 Å². The largest absolute Gasteiger partial charge is 0.468 e. The number of carbonyl (C=O) groups is 1. The zero-order chi connectivity index (χ0) is 12.8. The highest BCUT2D eigenvalue weighted by Crippen LogP contribution is 2.10. The van der Waals surface area contributed by atoms with E-state index in [-0.39, 0.29) is 12.0 Å². The van der Waals surface area contributed by atoms with Gasteiger partial charge in [0.25, 0.3) is 0 Å². The predicted molar refractivity (Wildman–Crippen MR) is 67.0 cm³/mol. The fourth-order valence-corrected chi connectivity index (χ4v) is 2.06. The SMILES string of the molecule is CN(CC(=O)NC[C@@H]1CCCO1)Cc1ccco1. The molecule has 5 heteroatoms. The summed E-state index contributed by atoms with van der Waals surface area (Å²) in [4.78, 5) is 13.6. The molecular weight excluding hydrogens is 232 g/mol. The highest BCUT2D eigenvalue weighted by Gasteiger charge is 2.16. The molecule has 0 unspecified atom stereocenters. The van der Waals surface area contributed by atoms with Gasteiger partial charge in [-0.25, -0.2) is 0 Å². The molecule has 1 saturated heterocycles. The van der Waals surface area contributed by atoms with E-state index in [1.165, 1.54) is 0 Å². The summed E-state index contributed by atoms with van der Waals surface area (Å²) in [5.41, 5.74) is 0. The van der Waals surface area contributed by atoms with Gasteiger partial charge in [-0.3, -0.25) is 9.69 Å². The molecule has 1 N–H and O–H groups in total. The Kier molecular flexibility index (Phi) is 4.78. The number of amides is 1. The number of carbonyl (C=O) groups excluding carboxylic acids is 1. The van der Waals surface area contributed by atoms with Crippen molar-refractivity contribution >= 4 is 5.91 Å².